The van der Waals surface area contributed by atoms with Crippen LogP contribution >= 0.6 is 0 Å². The van der Waals surface area contributed by atoms with Gasteiger partial charge in [0, 0.05) is 18.4 Å². The maximum absolute atomic E-state index is 12.4. The summed E-state index contributed by atoms with van der Waals surface area (Å²) in [4.78, 5) is 36.1. The number of carbonyl (C=O) groups is 3. The molecule has 2 aromatic carbocycles. The number of hydrogen-bond acceptors (Lipinski definition) is 5. The van der Waals surface area contributed by atoms with Gasteiger partial charge in [0.1, 0.15) is 6.61 Å². The van der Waals surface area contributed by atoms with E-state index in [-0.39, 0.29) is 25.6 Å². The minimum atomic E-state index is -1.19. The zero-order chi connectivity index (χ0) is 24.9. The fourth-order valence-corrected chi connectivity index (χ4v) is 3.93. The molecule has 0 aliphatic heterocycles. The summed E-state index contributed by atoms with van der Waals surface area (Å²) in [6.45, 7) is 7.07. The first-order valence-electron chi connectivity index (χ1n) is 11.3. The van der Waals surface area contributed by atoms with Gasteiger partial charge < -0.3 is 25.2 Å². The molecular weight excluding hydrogens is 436 g/mol. The highest BCUT2D eigenvalue weighted by molar-refractivity contribution is 5.84. The predicted molar refractivity (Wildman–Crippen MR) is 128 cm³/mol. The van der Waals surface area contributed by atoms with Crippen molar-refractivity contribution in [2.45, 2.75) is 57.7 Å². The second kappa shape index (κ2) is 10.7. The number of amides is 2. The SMILES string of the molecule is C[C@H](CC(=O)N[C@@H](COC(C)(C)C)C(=O)O)NC(=O)OCC1c2ccccc2-c2ccccc21. The number of rotatable bonds is 9. The molecule has 8 nitrogen and oxygen atoms in total. The third-order valence-corrected chi connectivity index (χ3v) is 5.52. The molecule has 0 spiro atoms. The summed E-state index contributed by atoms with van der Waals surface area (Å²) in [6.07, 6.45) is -0.725. The number of alkyl carbamates (subject to hydrolysis) is 1. The van der Waals surface area contributed by atoms with Crippen molar-refractivity contribution < 1.29 is 29.0 Å². The highest BCUT2D eigenvalue weighted by Gasteiger charge is 2.29. The molecule has 182 valence electrons. The lowest BCUT2D eigenvalue weighted by molar-refractivity contribution is -0.145. The largest absolute Gasteiger partial charge is 0.480 e. The average molecular weight is 469 g/mol. The molecule has 0 bridgehead atoms. The Kier molecular flexibility index (Phi) is 7.94. The number of ether oxygens (including phenoxy) is 2. The van der Waals surface area contributed by atoms with Gasteiger partial charge >= 0.3 is 12.1 Å². The van der Waals surface area contributed by atoms with Crippen LogP contribution in [0.1, 0.15) is 51.2 Å². The topological polar surface area (TPSA) is 114 Å². The molecular formula is C26H32N2O6. The summed E-state index contributed by atoms with van der Waals surface area (Å²) < 4.78 is 11.0. The van der Waals surface area contributed by atoms with Gasteiger partial charge in [-0.25, -0.2) is 9.59 Å². The minimum absolute atomic E-state index is 0.0594. The highest BCUT2D eigenvalue weighted by atomic mass is 16.5. The third-order valence-electron chi connectivity index (χ3n) is 5.52. The second-order valence-electron chi connectivity index (χ2n) is 9.46. The van der Waals surface area contributed by atoms with E-state index in [0.717, 1.165) is 22.3 Å². The van der Waals surface area contributed by atoms with E-state index in [9.17, 15) is 19.5 Å². The average Bonchev–Trinajstić information content (AvgIpc) is 3.08. The number of benzene rings is 2. The Labute approximate surface area is 199 Å². The van der Waals surface area contributed by atoms with Crippen molar-refractivity contribution in [3.63, 3.8) is 0 Å². The van der Waals surface area contributed by atoms with Crippen molar-refractivity contribution in [2.24, 2.45) is 0 Å². The van der Waals surface area contributed by atoms with Gasteiger partial charge in [0.05, 0.1) is 12.2 Å². The molecule has 0 unspecified atom stereocenters. The van der Waals surface area contributed by atoms with Crippen LogP contribution in [0.25, 0.3) is 11.1 Å². The number of aliphatic carboxylic acids is 1. The second-order valence-corrected chi connectivity index (χ2v) is 9.46. The molecule has 3 rings (SSSR count). The zero-order valence-electron chi connectivity index (χ0n) is 20.0. The van der Waals surface area contributed by atoms with E-state index in [1.165, 1.54) is 0 Å². The van der Waals surface area contributed by atoms with E-state index in [0.29, 0.717) is 0 Å². The van der Waals surface area contributed by atoms with E-state index >= 15 is 0 Å². The Balaban J connectivity index is 1.50. The molecule has 1 aliphatic rings. The summed E-state index contributed by atoms with van der Waals surface area (Å²) in [5.74, 6) is -1.75. The smallest absolute Gasteiger partial charge is 0.407 e. The number of nitrogens with one attached hydrogen (secondary N) is 2. The fraction of sp³-hybridized carbons (Fsp3) is 0.423. The van der Waals surface area contributed by atoms with Gasteiger partial charge in [-0.15, -0.1) is 0 Å². The van der Waals surface area contributed by atoms with E-state index < -0.39 is 35.7 Å². The number of carbonyl (C=O) groups excluding carboxylic acids is 2. The van der Waals surface area contributed by atoms with Crippen molar-refractivity contribution in [2.75, 3.05) is 13.2 Å². The quantitative estimate of drug-likeness (QED) is 0.517. The first kappa shape index (κ1) is 25.2. The van der Waals surface area contributed by atoms with Gasteiger partial charge in [-0.3, -0.25) is 4.79 Å². The van der Waals surface area contributed by atoms with Crippen molar-refractivity contribution in [1.29, 1.82) is 0 Å². The lowest BCUT2D eigenvalue weighted by atomic mass is 9.98. The van der Waals surface area contributed by atoms with Gasteiger partial charge in [-0.05, 0) is 49.9 Å². The Bertz CT molecular complexity index is 1000. The van der Waals surface area contributed by atoms with Gasteiger partial charge in [-0.1, -0.05) is 48.5 Å². The molecule has 0 heterocycles. The summed E-state index contributed by atoms with van der Waals surface area (Å²) >= 11 is 0. The highest BCUT2D eigenvalue weighted by Crippen LogP contribution is 2.44. The predicted octanol–water partition coefficient (Wildman–Crippen LogP) is 3.69. The van der Waals surface area contributed by atoms with Crippen LogP contribution in [-0.4, -0.2) is 54.0 Å². The molecule has 2 aromatic rings. The molecule has 0 saturated heterocycles. The lowest BCUT2D eigenvalue weighted by Crippen LogP contribution is -2.47. The van der Waals surface area contributed by atoms with E-state index in [1.807, 2.05) is 36.4 Å². The van der Waals surface area contributed by atoms with Crippen LogP contribution in [0.3, 0.4) is 0 Å². The molecule has 8 heteroatoms. The van der Waals surface area contributed by atoms with Gasteiger partial charge in [-0.2, -0.15) is 0 Å². The fourth-order valence-electron chi connectivity index (χ4n) is 3.93. The first-order valence-corrected chi connectivity index (χ1v) is 11.3. The Hall–Kier alpha value is -3.39. The van der Waals surface area contributed by atoms with E-state index in [1.54, 1.807) is 27.7 Å². The molecule has 2 amide bonds. The Morgan fingerprint density at radius 1 is 0.971 bits per heavy atom. The normalized spacial score (nSPS) is 14.5. The Morgan fingerprint density at radius 3 is 2.06 bits per heavy atom. The van der Waals surface area contributed by atoms with Crippen molar-refractivity contribution in [3.05, 3.63) is 59.7 Å². The minimum Gasteiger partial charge on any atom is -0.480 e. The molecule has 0 saturated carbocycles. The number of carboxylic acids is 1. The molecule has 0 radical (unpaired) electrons. The van der Waals surface area contributed by atoms with Crippen molar-refractivity contribution in [3.8, 4) is 11.1 Å². The van der Waals surface area contributed by atoms with Crippen LogP contribution in [0.4, 0.5) is 4.79 Å². The van der Waals surface area contributed by atoms with E-state index in [2.05, 4.69) is 22.8 Å². The van der Waals surface area contributed by atoms with Crippen LogP contribution in [-0.2, 0) is 19.1 Å². The summed E-state index contributed by atoms with van der Waals surface area (Å²) in [5, 5.41) is 14.4. The van der Waals surface area contributed by atoms with Crippen LogP contribution in [0.2, 0.25) is 0 Å². The Morgan fingerprint density at radius 2 is 1.53 bits per heavy atom. The molecule has 3 N–H and O–H groups in total. The zero-order valence-corrected chi connectivity index (χ0v) is 20.0. The van der Waals surface area contributed by atoms with Gasteiger partial charge in [0.2, 0.25) is 5.91 Å². The lowest BCUT2D eigenvalue weighted by Gasteiger charge is -2.23. The number of carboxylic acid groups (broad SMARTS) is 1. The summed E-state index contributed by atoms with van der Waals surface area (Å²) in [5.41, 5.74) is 3.97. The van der Waals surface area contributed by atoms with Gasteiger partial charge in [0.25, 0.3) is 0 Å². The van der Waals surface area contributed by atoms with Crippen LogP contribution < -0.4 is 10.6 Å². The third kappa shape index (κ3) is 6.57. The maximum atomic E-state index is 12.4. The maximum Gasteiger partial charge on any atom is 0.407 e. The van der Waals surface area contributed by atoms with E-state index in [4.69, 9.17) is 9.47 Å². The molecule has 0 fully saturated rings. The summed E-state index contributed by atoms with van der Waals surface area (Å²) in [7, 11) is 0. The number of hydrogen-bond donors (Lipinski definition) is 3. The molecule has 34 heavy (non-hydrogen) atoms. The van der Waals surface area contributed by atoms with Crippen molar-refractivity contribution >= 4 is 18.0 Å². The van der Waals surface area contributed by atoms with Gasteiger partial charge in [0.15, 0.2) is 6.04 Å². The van der Waals surface area contributed by atoms with Crippen molar-refractivity contribution in [1.82, 2.24) is 10.6 Å². The number of fused-ring (bicyclic) bond motifs is 3. The van der Waals surface area contributed by atoms with Crippen LogP contribution in [0.15, 0.2) is 48.5 Å². The standard InChI is InChI=1S/C26H32N2O6/c1-16(13-23(29)28-22(24(30)31)15-34-26(2,3)4)27-25(32)33-14-21-19-11-7-5-9-17(19)18-10-6-8-12-20(18)21/h5-12,16,21-22H,13-15H2,1-4H3,(H,27,32)(H,28,29)(H,30,31)/t16-,22+/m1/s1. The van der Waals surface area contributed by atoms with Crippen LogP contribution in [0.5, 0.6) is 0 Å². The molecule has 2 atom stereocenters. The van der Waals surface area contributed by atoms with Crippen LogP contribution in [0, 0.1) is 0 Å². The molecule has 1 aliphatic carbocycles. The monoisotopic (exact) mass is 468 g/mol. The first-order chi connectivity index (χ1) is 16.0. The molecule has 0 aromatic heterocycles. The summed E-state index contributed by atoms with van der Waals surface area (Å²) in [6, 6.07) is 14.4.